The van der Waals surface area contributed by atoms with Crippen molar-refractivity contribution in [3.8, 4) is 0 Å². The maximum atomic E-state index is 5.82. The molecule has 60 valence electrons. The minimum absolute atomic E-state index is 0.178. The third-order valence-electron chi connectivity index (χ3n) is 1.49. The van der Waals surface area contributed by atoms with Crippen molar-refractivity contribution >= 4 is 11.6 Å². The summed E-state index contributed by atoms with van der Waals surface area (Å²) in [6.07, 6.45) is 3.24. The summed E-state index contributed by atoms with van der Waals surface area (Å²) in [5, 5.41) is 3.25. The van der Waals surface area contributed by atoms with Gasteiger partial charge in [0.25, 0.3) is 0 Å². The van der Waals surface area contributed by atoms with E-state index in [9.17, 15) is 0 Å². The number of halogens is 1. The number of allylic oxidation sites excluding steroid dienone is 1. The van der Waals surface area contributed by atoms with Crippen LogP contribution in [0.4, 0.5) is 0 Å². The molecule has 0 aliphatic rings. The normalized spacial score (nSPS) is 15.4. The lowest BCUT2D eigenvalue weighted by Gasteiger charge is -2.01. The van der Waals surface area contributed by atoms with Crippen LogP contribution in [0.3, 0.4) is 0 Å². The zero-order valence-electron chi connectivity index (χ0n) is 6.95. The molecule has 0 radical (unpaired) electrons. The average Bonchev–Trinajstić information content (AvgIpc) is 1.88. The highest BCUT2D eigenvalue weighted by atomic mass is 35.5. The molecule has 0 fully saturated rings. The van der Waals surface area contributed by atoms with Gasteiger partial charge in [-0.1, -0.05) is 11.6 Å². The lowest BCUT2D eigenvalue weighted by molar-refractivity contribution is 0.802. The molecule has 2 heteroatoms. The highest BCUT2D eigenvalue weighted by Crippen LogP contribution is 2.07. The first-order valence-corrected chi connectivity index (χ1v) is 4.07. The first-order chi connectivity index (χ1) is 4.68. The topological polar surface area (TPSA) is 12.0 Å². The van der Waals surface area contributed by atoms with Gasteiger partial charge in [0.1, 0.15) is 0 Å². The molecular formula is C8H16ClN. The Hall–Kier alpha value is -0.0100. The van der Waals surface area contributed by atoms with Crippen molar-refractivity contribution in [3.05, 3.63) is 11.6 Å². The van der Waals surface area contributed by atoms with E-state index < -0.39 is 0 Å². The summed E-state index contributed by atoms with van der Waals surface area (Å²) in [6, 6.07) is 0. The van der Waals surface area contributed by atoms with Gasteiger partial charge in [0.2, 0.25) is 0 Å². The van der Waals surface area contributed by atoms with Gasteiger partial charge in [0.05, 0.1) is 5.38 Å². The van der Waals surface area contributed by atoms with Crippen molar-refractivity contribution in [1.29, 1.82) is 0 Å². The van der Waals surface area contributed by atoms with Gasteiger partial charge in [0.15, 0.2) is 0 Å². The van der Waals surface area contributed by atoms with Gasteiger partial charge in [-0.2, -0.15) is 0 Å². The summed E-state index contributed by atoms with van der Waals surface area (Å²) >= 11 is 5.82. The Balaban J connectivity index is 3.48. The molecule has 0 aromatic heterocycles. The third kappa shape index (κ3) is 4.83. The minimum Gasteiger partial charge on any atom is -0.319 e. The Morgan fingerprint density at radius 3 is 2.70 bits per heavy atom. The minimum atomic E-state index is 0.178. The first kappa shape index (κ1) is 9.99. The second-order valence-corrected chi connectivity index (χ2v) is 3.11. The van der Waals surface area contributed by atoms with Crippen LogP contribution in [0.25, 0.3) is 0 Å². The highest BCUT2D eigenvalue weighted by molar-refractivity contribution is 6.22. The standard InChI is InChI=1S/C8H16ClN/c1-7(8(2)9)5-4-6-10-3/h5,8,10H,4,6H2,1-3H3. The van der Waals surface area contributed by atoms with E-state index in [1.165, 1.54) is 5.57 Å². The van der Waals surface area contributed by atoms with Gasteiger partial charge in [-0.05, 0) is 33.9 Å². The molecule has 1 nitrogen and oxygen atoms in total. The monoisotopic (exact) mass is 161 g/mol. The first-order valence-electron chi connectivity index (χ1n) is 3.63. The van der Waals surface area contributed by atoms with E-state index in [4.69, 9.17) is 11.6 Å². The summed E-state index contributed by atoms with van der Waals surface area (Å²) in [4.78, 5) is 0. The molecule has 1 atom stereocenters. The molecule has 0 rings (SSSR count). The Morgan fingerprint density at radius 2 is 2.30 bits per heavy atom. The number of rotatable bonds is 4. The fraction of sp³-hybridized carbons (Fsp3) is 0.750. The second-order valence-electron chi connectivity index (χ2n) is 2.46. The molecule has 0 spiro atoms. The quantitative estimate of drug-likeness (QED) is 0.379. The lowest BCUT2D eigenvalue weighted by Crippen LogP contribution is -2.06. The SMILES string of the molecule is CNCCC=C(C)C(C)Cl. The molecule has 0 saturated carbocycles. The van der Waals surface area contributed by atoms with E-state index >= 15 is 0 Å². The Kier molecular flexibility index (Phi) is 5.74. The van der Waals surface area contributed by atoms with E-state index in [2.05, 4.69) is 18.3 Å². The summed E-state index contributed by atoms with van der Waals surface area (Å²) in [5.74, 6) is 0. The van der Waals surface area contributed by atoms with Gasteiger partial charge in [0, 0.05) is 0 Å². The zero-order valence-corrected chi connectivity index (χ0v) is 7.70. The molecule has 1 N–H and O–H groups in total. The fourth-order valence-corrected chi connectivity index (χ4v) is 0.696. The molecular weight excluding hydrogens is 146 g/mol. The van der Waals surface area contributed by atoms with Gasteiger partial charge >= 0.3 is 0 Å². The maximum Gasteiger partial charge on any atom is 0.0514 e. The van der Waals surface area contributed by atoms with Gasteiger partial charge < -0.3 is 5.32 Å². The molecule has 0 aromatic rings. The van der Waals surface area contributed by atoms with Gasteiger partial charge in [-0.25, -0.2) is 0 Å². The molecule has 0 heterocycles. The molecule has 0 amide bonds. The molecule has 0 aliphatic heterocycles. The van der Waals surface area contributed by atoms with Gasteiger partial charge in [-0.15, -0.1) is 11.6 Å². The Morgan fingerprint density at radius 1 is 1.70 bits per heavy atom. The number of nitrogens with one attached hydrogen (secondary N) is 1. The van der Waals surface area contributed by atoms with Crippen molar-refractivity contribution < 1.29 is 0 Å². The largest absolute Gasteiger partial charge is 0.319 e. The molecule has 0 bridgehead atoms. The van der Waals surface area contributed by atoms with E-state index in [-0.39, 0.29) is 5.38 Å². The second kappa shape index (κ2) is 5.75. The maximum absolute atomic E-state index is 5.82. The van der Waals surface area contributed by atoms with Crippen LogP contribution in [-0.4, -0.2) is 19.0 Å². The van der Waals surface area contributed by atoms with Crippen LogP contribution in [-0.2, 0) is 0 Å². The molecule has 0 saturated heterocycles. The predicted octanol–water partition coefficient (Wildman–Crippen LogP) is 2.17. The van der Waals surface area contributed by atoms with Crippen LogP contribution in [0, 0.1) is 0 Å². The number of hydrogen-bond acceptors (Lipinski definition) is 1. The van der Waals surface area contributed by atoms with E-state index in [0.717, 1.165) is 13.0 Å². The van der Waals surface area contributed by atoms with Crippen molar-refractivity contribution in [3.63, 3.8) is 0 Å². The van der Waals surface area contributed by atoms with Crippen molar-refractivity contribution in [2.24, 2.45) is 0 Å². The Labute approximate surface area is 68.5 Å². The summed E-state index contributed by atoms with van der Waals surface area (Å²) in [5.41, 5.74) is 1.26. The summed E-state index contributed by atoms with van der Waals surface area (Å²) in [6.45, 7) is 5.08. The van der Waals surface area contributed by atoms with E-state index in [1.54, 1.807) is 0 Å². The third-order valence-corrected chi connectivity index (χ3v) is 1.83. The Bertz CT molecular complexity index is 108. The number of hydrogen-bond donors (Lipinski definition) is 1. The highest BCUT2D eigenvalue weighted by Gasteiger charge is 1.95. The van der Waals surface area contributed by atoms with Crippen molar-refractivity contribution in [2.75, 3.05) is 13.6 Å². The van der Waals surface area contributed by atoms with Crippen LogP contribution in [0.1, 0.15) is 20.3 Å². The smallest absolute Gasteiger partial charge is 0.0514 e. The van der Waals surface area contributed by atoms with Gasteiger partial charge in [-0.3, -0.25) is 0 Å². The molecule has 0 aliphatic carbocycles. The van der Waals surface area contributed by atoms with Crippen LogP contribution in [0.5, 0.6) is 0 Å². The molecule has 0 aromatic carbocycles. The van der Waals surface area contributed by atoms with Crippen molar-refractivity contribution in [1.82, 2.24) is 5.32 Å². The predicted molar refractivity (Wildman–Crippen MR) is 47.6 cm³/mol. The average molecular weight is 162 g/mol. The van der Waals surface area contributed by atoms with Crippen LogP contribution < -0.4 is 5.32 Å². The zero-order chi connectivity index (χ0) is 7.98. The summed E-state index contributed by atoms with van der Waals surface area (Å²) < 4.78 is 0. The van der Waals surface area contributed by atoms with Crippen LogP contribution in [0.2, 0.25) is 0 Å². The molecule has 1 unspecified atom stereocenters. The van der Waals surface area contributed by atoms with E-state index in [0.29, 0.717) is 0 Å². The lowest BCUT2D eigenvalue weighted by atomic mass is 10.2. The fourth-order valence-electron chi connectivity index (χ4n) is 0.607. The van der Waals surface area contributed by atoms with E-state index in [1.807, 2.05) is 14.0 Å². The van der Waals surface area contributed by atoms with Crippen LogP contribution >= 0.6 is 11.6 Å². The van der Waals surface area contributed by atoms with Crippen molar-refractivity contribution in [2.45, 2.75) is 25.6 Å². The van der Waals surface area contributed by atoms with Crippen LogP contribution in [0.15, 0.2) is 11.6 Å². The summed E-state index contributed by atoms with van der Waals surface area (Å²) in [7, 11) is 1.95. The number of alkyl halides is 1. The molecule has 10 heavy (non-hydrogen) atoms.